The van der Waals surface area contributed by atoms with Gasteiger partial charge in [-0.05, 0) is 36.4 Å². The predicted molar refractivity (Wildman–Crippen MR) is 91.3 cm³/mol. The van der Waals surface area contributed by atoms with Crippen LogP contribution in [0, 0.1) is 0 Å². The van der Waals surface area contributed by atoms with Gasteiger partial charge >= 0.3 is 12.4 Å². The van der Waals surface area contributed by atoms with Crippen LogP contribution in [0.1, 0.15) is 11.1 Å². The van der Waals surface area contributed by atoms with Crippen molar-refractivity contribution in [2.24, 2.45) is 0 Å². The molecule has 2 rings (SSSR count). The lowest BCUT2D eigenvalue weighted by atomic mass is 10.1. The number of nitrogens with zero attached hydrogens (tertiary/aromatic N) is 1. The Morgan fingerprint density at radius 3 is 2.00 bits per heavy atom. The minimum absolute atomic E-state index is 0.503. The second kappa shape index (κ2) is 8.03. The van der Waals surface area contributed by atoms with E-state index in [0.717, 1.165) is 37.4 Å². The third kappa shape index (κ3) is 5.48. The number of benzene rings is 2. The zero-order valence-corrected chi connectivity index (χ0v) is 15.5. The van der Waals surface area contributed by atoms with Crippen molar-refractivity contribution in [2.75, 3.05) is 18.9 Å². The van der Waals surface area contributed by atoms with Crippen molar-refractivity contribution in [1.29, 1.82) is 0 Å². The number of amides is 1. The molecule has 1 N–H and O–H groups in total. The number of nitrogens with one attached hydrogen (secondary N) is 1. The molecule has 1 amide bonds. The van der Waals surface area contributed by atoms with Crippen LogP contribution in [0.2, 0.25) is 0 Å². The van der Waals surface area contributed by atoms with Gasteiger partial charge in [0.2, 0.25) is 15.9 Å². The molecule has 0 aromatic heterocycles. The maximum absolute atomic E-state index is 13.0. The fourth-order valence-corrected chi connectivity index (χ4v) is 3.44. The molecular formula is C17H14F6N2O3S. The monoisotopic (exact) mass is 440 g/mol. The Morgan fingerprint density at radius 1 is 0.931 bits per heavy atom. The van der Waals surface area contributed by atoms with Crippen LogP contribution in [0.5, 0.6) is 0 Å². The van der Waals surface area contributed by atoms with E-state index in [9.17, 15) is 39.6 Å². The molecule has 0 saturated heterocycles. The molecule has 5 nitrogen and oxygen atoms in total. The quantitative estimate of drug-likeness (QED) is 0.716. The largest absolute Gasteiger partial charge is 0.418 e. The number of alkyl halides is 6. The van der Waals surface area contributed by atoms with E-state index in [1.807, 2.05) is 5.32 Å². The van der Waals surface area contributed by atoms with Gasteiger partial charge in [-0.2, -0.15) is 30.6 Å². The van der Waals surface area contributed by atoms with Crippen LogP contribution < -0.4 is 5.32 Å². The van der Waals surface area contributed by atoms with Crippen LogP contribution in [0.3, 0.4) is 0 Å². The molecule has 0 spiro atoms. The van der Waals surface area contributed by atoms with E-state index in [1.165, 1.54) is 6.07 Å². The number of para-hydroxylation sites is 1. The van der Waals surface area contributed by atoms with Gasteiger partial charge in [0, 0.05) is 7.05 Å². The highest BCUT2D eigenvalue weighted by Gasteiger charge is 2.34. The Morgan fingerprint density at radius 2 is 1.48 bits per heavy atom. The number of carbonyl (C=O) groups excluding carboxylic acids is 1. The summed E-state index contributed by atoms with van der Waals surface area (Å²) in [5, 5.41) is 1.99. The van der Waals surface area contributed by atoms with Gasteiger partial charge in [0.25, 0.3) is 0 Å². The SMILES string of the molecule is CN(CC(=O)Nc1ccccc1C(F)(F)F)S(=O)(=O)c1ccc(C(F)(F)F)cc1. The second-order valence-corrected chi connectivity index (χ2v) is 7.92. The Bertz CT molecular complexity index is 985. The molecular weight excluding hydrogens is 426 g/mol. The number of hydrogen-bond acceptors (Lipinski definition) is 3. The van der Waals surface area contributed by atoms with Gasteiger partial charge in [0.15, 0.2) is 0 Å². The van der Waals surface area contributed by atoms with Gasteiger partial charge in [0.05, 0.1) is 28.3 Å². The van der Waals surface area contributed by atoms with Gasteiger partial charge in [-0.1, -0.05) is 12.1 Å². The van der Waals surface area contributed by atoms with Gasteiger partial charge in [0.1, 0.15) is 0 Å². The number of likely N-dealkylation sites (N-methyl/N-ethyl adjacent to an activating group) is 1. The van der Waals surface area contributed by atoms with Crippen molar-refractivity contribution >= 4 is 21.6 Å². The number of halogens is 6. The molecule has 12 heteroatoms. The molecule has 2 aromatic carbocycles. The molecule has 0 aliphatic heterocycles. The molecule has 0 heterocycles. The maximum atomic E-state index is 13.0. The summed E-state index contributed by atoms with van der Waals surface area (Å²) in [5.41, 5.74) is -2.72. The van der Waals surface area contributed by atoms with Crippen LogP contribution in [-0.4, -0.2) is 32.2 Å². The molecule has 158 valence electrons. The highest BCUT2D eigenvalue weighted by Crippen LogP contribution is 2.34. The van der Waals surface area contributed by atoms with Crippen molar-refractivity contribution in [3.63, 3.8) is 0 Å². The first-order chi connectivity index (χ1) is 13.2. The predicted octanol–water partition coefficient (Wildman–Crippen LogP) is 3.98. The minimum atomic E-state index is -4.73. The standard InChI is InChI=1S/C17H14F6N2O3S/c1-25(29(27,28)12-8-6-11(7-9-12)16(18,19)20)10-15(26)24-14-5-3-2-4-13(14)17(21,22)23/h2-9H,10H2,1H3,(H,24,26). The summed E-state index contributed by atoms with van der Waals surface area (Å²) in [5.74, 6) is -1.06. The van der Waals surface area contributed by atoms with Crippen molar-refractivity contribution in [3.8, 4) is 0 Å². The summed E-state index contributed by atoms with van der Waals surface area (Å²) in [7, 11) is -3.37. The summed E-state index contributed by atoms with van der Waals surface area (Å²) < 4.78 is 102. The first-order valence-corrected chi connectivity index (χ1v) is 9.26. The van der Waals surface area contributed by atoms with Crippen molar-refractivity contribution in [3.05, 3.63) is 59.7 Å². The summed E-state index contributed by atoms with van der Waals surface area (Å²) in [6.07, 6.45) is -9.39. The number of rotatable bonds is 5. The summed E-state index contributed by atoms with van der Waals surface area (Å²) in [4.78, 5) is 11.5. The van der Waals surface area contributed by atoms with Crippen LogP contribution in [0.15, 0.2) is 53.4 Å². The average Bonchev–Trinajstić information content (AvgIpc) is 2.60. The lowest BCUT2D eigenvalue weighted by Crippen LogP contribution is -2.35. The first kappa shape index (κ1) is 22.7. The molecule has 0 unspecified atom stereocenters. The minimum Gasteiger partial charge on any atom is -0.324 e. The fraction of sp³-hybridized carbons (Fsp3) is 0.235. The van der Waals surface area contributed by atoms with Crippen LogP contribution >= 0.6 is 0 Å². The average molecular weight is 440 g/mol. The molecule has 0 atom stereocenters. The summed E-state index contributed by atoms with van der Waals surface area (Å²) in [6.45, 7) is -0.852. The van der Waals surface area contributed by atoms with Crippen LogP contribution in [-0.2, 0) is 27.2 Å². The molecule has 0 radical (unpaired) electrons. The lowest BCUT2D eigenvalue weighted by Gasteiger charge is -2.18. The van der Waals surface area contributed by atoms with Crippen LogP contribution in [0.25, 0.3) is 0 Å². The Kier molecular flexibility index (Phi) is 6.28. The van der Waals surface area contributed by atoms with Crippen molar-refractivity contribution in [2.45, 2.75) is 17.2 Å². The van der Waals surface area contributed by atoms with E-state index < -0.39 is 56.5 Å². The zero-order valence-electron chi connectivity index (χ0n) is 14.7. The third-order valence-electron chi connectivity index (χ3n) is 3.76. The third-order valence-corrected chi connectivity index (χ3v) is 5.58. The van der Waals surface area contributed by atoms with E-state index in [2.05, 4.69) is 0 Å². The van der Waals surface area contributed by atoms with Gasteiger partial charge in [-0.3, -0.25) is 4.79 Å². The van der Waals surface area contributed by atoms with E-state index in [4.69, 9.17) is 0 Å². The second-order valence-electron chi connectivity index (χ2n) is 5.87. The highest BCUT2D eigenvalue weighted by molar-refractivity contribution is 7.89. The summed E-state index contributed by atoms with van der Waals surface area (Å²) >= 11 is 0. The molecule has 2 aromatic rings. The normalized spacial score (nSPS) is 12.8. The fourth-order valence-electron chi connectivity index (χ4n) is 2.31. The lowest BCUT2D eigenvalue weighted by molar-refractivity contribution is -0.138. The number of anilines is 1. The summed E-state index contributed by atoms with van der Waals surface area (Å²) in [6, 6.07) is 6.73. The highest BCUT2D eigenvalue weighted by atomic mass is 32.2. The molecule has 29 heavy (non-hydrogen) atoms. The smallest absolute Gasteiger partial charge is 0.324 e. The zero-order chi connectivity index (χ0) is 22.0. The van der Waals surface area contributed by atoms with E-state index >= 15 is 0 Å². The maximum Gasteiger partial charge on any atom is 0.418 e. The molecule has 0 aliphatic carbocycles. The van der Waals surface area contributed by atoms with Crippen LogP contribution in [0.4, 0.5) is 32.0 Å². The Hall–Kier alpha value is -2.60. The van der Waals surface area contributed by atoms with E-state index in [1.54, 1.807) is 0 Å². The Labute approximate surface area is 162 Å². The van der Waals surface area contributed by atoms with Crippen molar-refractivity contribution < 1.29 is 39.6 Å². The molecule has 0 aliphatic rings. The molecule has 0 saturated carbocycles. The number of sulfonamides is 1. The Balaban J connectivity index is 2.15. The number of hydrogen-bond donors (Lipinski definition) is 1. The number of carbonyl (C=O) groups is 1. The van der Waals surface area contributed by atoms with Gasteiger partial charge < -0.3 is 5.32 Å². The molecule has 0 bridgehead atoms. The molecule has 0 fully saturated rings. The van der Waals surface area contributed by atoms with Gasteiger partial charge in [-0.25, -0.2) is 8.42 Å². The first-order valence-electron chi connectivity index (χ1n) is 7.82. The topological polar surface area (TPSA) is 66.5 Å². The van der Waals surface area contributed by atoms with E-state index in [0.29, 0.717) is 16.4 Å². The van der Waals surface area contributed by atoms with Crippen molar-refractivity contribution in [1.82, 2.24) is 4.31 Å². The van der Waals surface area contributed by atoms with Gasteiger partial charge in [-0.15, -0.1) is 0 Å². The van der Waals surface area contributed by atoms with E-state index in [-0.39, 0.29) is 0 Å².